The van der Waals surface area contributed by atoms with E-state index in [0.29, 0.717) is 0 Å². The topological polar surface area (TPSA) is 50.2 Å². The number of carbonyl (C=O) groups is 1. The summed E-state index contributed by atoms with van der Waals surface area (Å²) in [6.07, 6.45) is 9.17. The molecule has 1 aromatic heterocycles. The van der Waals surface area contributed by atoms with Gasteiger partial charge in [0, 0.05) is 59.7 Å². The minimum atomic E-state index is -0.337. The maximum absolute atomic E-state index is 12.2. The van der Waals surface area contributed by atoms with Crippen LogP contribution in [0.2, 0.25) is 0 Å². The zero-order valence-electron chi connectivity index (χ0n) is 36.0. The van der Waals surface area contributed by atoms with E-state index in [4.69, 9.17) is 4.98 Å². The van der Waals surface area contributed by atoms with Gasteiger partial charge in [0.1, 0.15) is 5.76 Å². The molecule has 0 unspecified atom stereocenters. The molecule has 3 aromatic carbocycles. The Morgan fingerprint density at radius 3 is 1.98 bits per heavy atom. The van der Waals surface area contributed by atoms with Crippen LogP contribution in [-0.2, 0) is 41.1 Å². The van der Waals surface area contributed by atoms with Crippen LogP contribution in [0, 0.1) is 16.9 Å². The van der Waals surface area contributed by atoms with E-state index in [2.05, 4.69) is 128 Å². The van der Waals surface area contributed by atoms with Gasteiger partial charge in [-0.05, 0) is 77.5 Å². The van der Waals surface area contributed by atoms with Crippen molar-refractivity contribution in [3.8, 4) is 11.3 Å². The van der Waals surface area contributed by atoms with Crippen molar-refractivity contribution in [2.24, 2.45) is 10.8 Å². The van der Waals surface area contributed by atoms with E-state index in [1.54, 1.807) is 0 Å². The number of allylic oxidation sites excluding steroid dienone is 5. The van der Waals surface area contributed by atoms with E-state index >= 15 is 0 Å². The standard InChI is InChI=1S/C36H36N.C15H28O2.Ir/c1-22-32(26-15-11-12-16-28(26)35(22,5)6)31-21-27-29(36(31,7)8)17-18-37-33(27)24-19-23-13-9-10-14-25(23)30(20-24)34(2,3)4;1-7-14(5,8-2)12(16)11-13(17)15(6,9-3)10-4;/h9-18,20-21H,1-8H3;11,16H,7-10H2,1-6H3;/q-1;;/b;12-11-;. The molecule has 3 nitrogen and oxygen atoms in total. The fraction of sp³-hybridized carbons (Fsp3) is 0.451. The molecule has 295 valence electrons. The van der Waals surface area contributed by atoms with E-state index in [1.807, 2.05) is 47.7 Å². The van der Waals surface area contributed by atoms with Crippen LogP contribution in [-0.4, -0.2) is 15.9 Å². The molecule has 6 rings (SSSR count). The number of hydrogen-bond donors (Lipinski definition) is 1. The molecule has 2 aliphatic carbocycles. The molecule has 0 aliphatic heterocycles. The predicted octanol–water partition coefficient (Wildman–Crippen LogP) is 14.1. The second-order valence-electron chi connectivity index (χ2n) is 18.3. The van der Waals surface area contributed by atoms with Gasteiger partial charge in [-0.25, -0.2) is 0 Å². The predicted molar refractivity (Wildman–Crippen MR) is 231 cm³/mol. The summed E-state index contributed by atoms with van der Waals surface area (Å²) < 4.78 is 0. The van der Waals surface area contributed by atoms with Crippen LogP contribution in [0.15, 0.2) is 89.8 Å². The van der Waals surface area contributed by atoms with Gasteiger partial charge in [0.25, 0.3) is 0 Å². The molecule has 0 amide bonds. The monoisotopic (exact) mass is 915 g/mol. The number of ketones is 1. The van der Waals surface area contributed by atoms with Crippen LogP contribution in [0.1, 0.15) is 150 Å². The van der Waals surface area contributed by atoms with Crippen LogP contribution in [0.5, 0.6) is 0 Å². The largest absolute Gasteiger partial charge is 0.512 e. The fourth-order valence-corrected chi connectivity index (χ4v) is 8.20. The van der Waals surface area contributed by atoms with Gasteiger partial charge in [-0.2, -0.15) is 0 Å². The number of benzene rings is 3. The smallest absolute Gasteiger partial charge is 0.164 e. The fourth-order valence-electron chi connectivity index (χ4n) is 8.20. The van der Waals surface area contributed by atoms with Crippen molar-refractivity contribution >= 4 is 28.2 Å². The molecule has 0 saturated carbocycles. The summed E-state index contributed by atoms with van der Waals surface area (Å²) >= 11 is 0. The molecule has 4 heteroatoms. The van der Waals surface area contributed by atoms with Crippen LogP contribution < -0.4 is 0 Å². The van der Waals surface area contributed by atoms with Gasteiger partial charge in [-0.3, -0.25) is 9.78 Å². The van der Waals surface area contributed by atoms with E-state index in [0.717, 1.165) is 42.3 Å². The summed E-state index contributed by atoms with van der Waals surface area (Å²) in [4.78, 5) is 17.2. The molecule has 2 aliphatic rings. The third-order valence-corrected chi connectivity index (χ3v) is 13.5. The first-order valence-electron chi connectivity index (χ1n) is 20.2. The summed E-state index contributed by atoms with van der Waals surface area (Å²) in [5.41, 5.74) is 12.4. The Morgan fingerprint density at radius 2 is 1.38 bits per heavy atom. The van der Waals surface area contributed by atoms with Crippen molar-refractivity contribution in [3.05, 3.63) is 124 Å². The zero-order valence-corrected chi connectivity index (χ0v) is 38.4. The van der Waals surface area contributed by atoms with Gasteiger partial charge in [-0.1, -0.05) is 155 Å². The number of nitrogens with zero attached hydrogens (tertiary/aromatic N) is 1. The molecule has 4 aromatic rings. The molecule has 0 fully saturated rings. The summed E-state index contributed by atoms with van der Waals surface area (Å²) in [5, 5.41) is 12.6. The van der Waals surface area contributed by atoms with E-state index in [9.17, 15) is 9.90 Å². The quantitative estimate of drug-likeness (QED) is 0.103. The average Bonchev–Trinajstić information content (AvgIpc) is 3.53. The van der Waals surface area contributed by atoms with Gasteiger partial charge >= 0.3 is 0 Å². The molecule has 1 N–H and O–H groups in total. The Morgan fingerprint density at radius 1 is 0.800 bits per heavy atom. The minimum absolute atomic E-state index is 0. The molecular formula is C51H64IrNO2-. The number of carbonyl (C=O) groups excluding carboxylic acids is 1. The van der Waals surface area contributed by atoms with Crippen LogP contribution >= 0.6 is 0 Å². The third kappa shape index (κ3) is 7.88. The van der Waals surface area contributed by atoms with Crippen molar-refractivity contribution in [2.45, 2.75) is 139 Å². The van der Waals surface area contributed by atoms with E-state index in [1.165, 1.54) is 56.0 Å². The Bertz CT molecular complexity index is 2160. The number of aliphatic hydroxyl groups excluding tert-OH is 1. The first kappa shape index (κ1) is 44.1. The Labute approximate surface area is 346 Å². The average molecular weight is 915 g/mol. The molecular weight excluding hydrogens is 851 g/mol. The zero-order chi connectivity index (χ0) is 40.0. The second kappa shape index (κ2) is 16.1. The summed E-state index contributed by atoms with van der Waals surface area (Å²) in [5.74, 6) is 0.286. The van der Waals surface area contributed by atoms with Gasteiger partial charge in [0.2, 0.25) is 0 Å². The van der Waals surface area contributed by atoms with Gasteiger partial charge in [0.15, 0.2) is 5.78 Å². The first-order valence-corrected chi connectivity index (χ1v) is 20.2. The Balaban J connectivity index is 0.000000320. The van der Waals surface area contributed by atoms with Gasteiger partial charge in [0.05, 0.1) is 0 Å². The second-order valence-corrected chi connectivity index (χ2v) is 18.3. The van der Waals surface area contributed by atoms with Crippen molar-refractivity contribution in [2.75, 3.05) is 0 Å². The number of aromatic nitrogens is 1. The molecule has 0 atom stereocenters. The SMILES string of the molecule is CC1=C(C2=Cc3c(ccnc3-c3[c-]c4ccccc4c(C(C)(C)C)c3)C2(C)C)c2ccccc2C1(C)C.CCC(C)(CC)C(=O)/C=C(\O)C(C)(CC)CC.[Ir]. The number of rotatable bonds is 9. The number of hydrogen-bond acceptors (Lipinski definition) is 3. The van der Waals surface area contributed by atoms with Crippen LogP contribution in [0.3, 0.4) is 0 Å². The van der Waals surface area contributed by atoms with Crippen molar-refractivity contribution < 1.29 is 30.0 Å². The minimum Gasteiger partial charge on any atom is -0.512 e. The summed E-state index contributed by atoms with van der Waals surface area (Å²) in [6, 6.07) is 25.8. The van der Waals surface area contributed by atoms with E-state index < -0.39 is 0 Å². The normalized spacial score (nSPS) is 16.2. The van der Waals surface area contributed by atoms with Crippen molar-refractivity contribution in [1.29, 1.82) is 0 Å². The number of fused-ring (bicyclic) bond motifs is 3. The maximum atomic E-state index is 12.2. The van der Waals surface area contributed by atoms with Crippen LogP contribution in [0.25, 0.3) is 33.7 Å². The number of aliphatic hydroxyl groups is 1. The summed E-state index contributed by atoms with van der Waals surface area (Å²) in [7, 11) is 0. The third-order valence-electron chi connectivity index (χ3n) is 13.5. The molecule has 0 bridgehead atoms. The molecule has 0 spiro atoms. The van der Waals surface area contributed by atoms with E-state index in [-0.39, 0.29) is 58.7 Å². The Kier molecular flexibility index (Phi) is 12.9. The molecule has 0 saturated heterocycles. The Hall–Kier alpha value is -3.59. The van der Waals surface area contributed by atoms with Crippen molar-refractivity contribution in [3.63, 3.8) is 0 Å². The van der Waals surface area contributed by atoms with Crippen LogP contribution in [0.4, 0.5) is 0 Å². The van der Waals surface area contributed by atoms with Gasteiger partial charge < -0.3 is 5.11 Å². The maximum Gasteiger partial charge on any atom is 0.164 e. The molecule has 55 heavy (non-hydrogen) atoms. The summed E-state index contributed by atoms with van der Waals surface area (Å²) in [6.45, 7) is 30.7. The van der Waals surface area contributed by atoms with Gasteiger partial charge in [-0.15, -0.1) is 29.1 Å². The first-order chi connectivity index (χ1) is 25.2. The number of pyridine rings is 1. The van der Waals surface area contributed by atoms with Crippen molar-refractivity contribution in [1.82, 2.24) is 4.98 Å². The molecule has 1 heterocycles. The molecule has 1 radical (unpaired) electrons.